The first kappa shape index (κ1) is 60.3. The molecule has 3 heterocycles. The van der Waals surface area contributed by atoms with E-state index in [0.29, 0.717) is 45.1 Å². The molecule has 1 aliphatic rings. The highest BCUT2D eigenvalue weighted by Crippen LogP contribution is 2.50. The van der Waals surface area contributed by atoms with E-state index in [9.17, 15) is 33.6 Å². The molecule has 6 rings (SSSR count). The van der Waals surface area contributed by atoms with Crippen LogP contribution in [0, 0.1) is 17.8 Å². The van der Waals surface area contributed by atoms with Crippen molar-refractivity contribution in [2.75, 3.05) is 21.3 Å². The number of alkyl carbamates (subject to hydrolysis) is 3. The summed E-state index contributed by atoms with van der Waals surface area (Å²) in [6.45, 7) is 26.0. The second-order valence-electron chi connectivity index (χ2n) is 23.1. The Morgan fingerprint density at radius 1 is 0.544 bits per heavy atom. The lowest BCUT2D eigenvalue weighted by Crippen LogP contribution is -2.48. The molecule has 21 heteroatoms. The van der Waals surface area contributed by atoms with Gasteiger partial charge in [-0.25, -0.2) is 33.6 Å². The molecule has 0 fully saturated rings. The average molecular weight is 1100 g/mol. The monoisotopic (exact) mass is 1100 g/mol. The molecule has 3 amide bonds. The van der Waals surface area contributed by atoms with Crippen LogP contribution in [0.15, 0.2) is 51.7 Å². The van der Waals surface area contributed by atoms with Gasteiger partial charge in [-0.1, -0.05) is 47.6 Å². The van der Waals surface area contributed by atoms with Gasteiger partial charge in [0.2, 0.25) is 0 Å². The summed E-state index contributed by atoms with van der Waals surface area (Å²) < 4.78 is 59.6. The second-order valence-corrected chi connectivity index (χ2v) is 23.1. The summed E-state index contributed by atoms with van der Waals surface area (Å²) in [6.07, 6.45) is -2.10. The standard InChI is InChI=1S/C58H74N4O17/c1-28(2)44(59-53(67)77-56(7,8)9)49(63)73-35-20-19-32(24-37(35)70-16)42-43-34-26-39(72-18)41(76-51(65)46(30(5)6)61-55(69)79-58(13,14)15)27-36(34)74-52(66)48(43)62-22-21-31-23-40(38(71-17)25-33(31)47(42)62)75-50(64)45(29(3)4)60-54(68)78-57(10,11)12/h19-20,23-30,44-46H,21-22H2,1-18H3,(H,59,67)(H,60,68)(H,61,69)/t44-,45-,46-/m1/s1. The average Bonchev–Trinajstić information content (AvgIpc) is 3.79. The fourth-order valence-corrected chi connectivity index (χ4v) is 8.81. The minimum absolute atomic E-state index is 0.000914. The van der Waals surface area contributed by atoms with Crippen molar-refractivity contribution in [3.63, 3.8) is 0 Å². The molecule has 428 valence electrons. The number of benzene rings is 3. The molecule has 3 N–H and O–H groups in total. The van der Waals surface area contributed by atoms with Gasteiger partial charge in [0.25, 0.3) is 0 Å². The Kier molecular flexibility index (Phi) is 18.0. The molecule has 0 spiro atoms. The molecule has 0 unspecified atom stereocenters. The molecule has 0 radical (unpaired) electrons. The van der Waals surface area contributed by atoms with E-state index in [1.165, 1.54) is 33.5 Å². The number of methoxy groups -OCH3 is 3. The molecule has 2 aromatic heterocycles. The first-order valence-electron chi connectivity index (χ1n) is 26.0. The zero-order chi connectivity index (χ0) is 58.8. The van der Waals surface area contributed by atoms with Crippen LogP contribution in [0.4, 0.5) is 14.4 Å². The Labute approximate surface area is 459 Å². The van der Waals surface area contributed by atoms with Gasteiger partial charge in [0.05, 0.1) is 27.0 Å². The van der Waals surface area contributed by atoms with Gasteiger partial charge in [-0.05, 0) is 128 Å². The van der Waals surface area contributed by atoms with E-state index < -0.39 is 94.5 Å². The topological polar surface area (TPSA) is 257 Å². The van der Waals surface area contributed by atoms with Gasteiger partial charge in [0.1, 0.15) is 46.0 Å². The third-order valence-corrected chi connectivity index (χ3v) is 12.3. The van der Waals surface area contributed by atoms with E-state index in [0.717, 1.165) is 0 Å². The first-order valence-corrected chi connectivity index (χ1v) is 26.0. The van der Waals surface area contributed by atoms with Crippen LogP contribution in [0.5, 0.6) is 34.5 Å². The third kappa shape index (κ3) is 14.2. The number of esters is 3. The smallest absolute Gasteiger partial charge is 0.408 e. The van der Waals surface area contributed by atoms with Crippen molar-refractivity contribution in [3.8, 4) is 56.9 Å². The zero-order valence-electron chi connectivity index (χ0n) is 48.3. The van der Waals surface area contributed by atoms with Crippen LogP contribution in [-0.4, -0.2) is 97.0 Å². The molecule has 3 aromatic carbocycles. The molecule has 21 nitrogen and oxygen atoms in total. The van der Waals surface area contributed by atoms with E-state index in [2.05, 4.69) is 16.0 Å². The summed E-state index contributed by atoms with van der Waals surface area (Å²) in [6, 6.07) is 7.76. The summed E-state index contributed by atoms with van der Waals surface area (Å²) in [5.41, 5.74) is -0.386. The number of rotatable bonds is 16. The van der Waals surface area contributed by atoms with Crippen LogP contribution in [0.2, 0.25) is 0 Å². The summed E-state index contributed by atoms with van der Waals surface area (Å²) in [7, 11) is 4.18. The van der Waals surface area contributed by atoms with Crippen molar-refractivity contribution in [1.82, 2.24) is 20.5 Å². The quantitative estimate of drug-likeness (QED) is 0.0359. The van der Waals surface area contributed by atoms with Crippen LogP contribution in [0.3, 0.4) is 0 Å². The van der Waals surface area contributed by atoms with Crippen molar-refractivity contribution in [3.05, 3.63) is 58.4 Å². The fraction of sp³-hybridized carbons (Fsp3) is 0.500. The number of hydrogen-bond acceptors (Lipinski definition) is 17. The molecule has 0 saturated carbocycles. The number of nitrogens with one attached hydrogen (secondary N) is 3. The number of amides is 3. The van der Waals surface area contributed by atoms with E-state index in [1.807, 2.05) is 4.57 Å². The SMILES string of the molecule is COc1cc(-c2c3n(c4c(=O)oc5cc(OC(=O)[C@H](NC(=O)OC(C)(C)C)C(C)C)c(OC)cc5c24)CCc2cc(OC(=O)[C@H](NC(=O)OC(C)(C)C)C(C)C)c(OC)cc2-3)ccc1OC(=O)[C@H](NC(=O)OC(C)(C)C)C(C)C. The maximum absolute atomic E-state index is 14.7. The number of fused-ring (bicyclic) bond motifs is 7. The summed E-state index contributed by atoms with van der Waals surface area (Å²) in [5, 5.41) is 8.56. The van der Waals surface area contributed by atoms with Gasteiger partial charge in [0, 0.05) is 34.5 Å². The molecule has 0 saturated heterocycles. The fourth-order valence-electron chi connectivity index (χ4n) is 8.81. The lowest BCUT2D eigenvalue weighted by molar-refractivity contribution is -0.138. The molecular weight excluding hydrogens is 1020 g/mol. The van der Waals surface area contributed by atoms with Crippen LogP contribution < -0.4 is 50.0 Å². The van der Waals surface area contributed by atoms with E-state index in [-0.39, 0.29) is 52.1 Å². The molecule has 1 aliphatic heterocycles. The minimum atomic E-state index is -1.16. The largest absolute Gasteiger partial charge is 0.493 e. The number of ether oxygens (including phenoxy) is 9. The highest BCUT2D eigenvalue weighted by Gasteiger charge is 2.36. The number of carbonyl (C=O) groups is 6. The van der Waals surface area contributed by atoms with Gasteiger partial charge in [-0.2, -0.15) is 0 Å². The summed E-state index contributed by atoms with van der Waals surface area (Å²) >= 11 is 0. The van der Waals surface area contributed by atoms with Gasteiger partial charge < -0.3 is 67.6 Å². The Bertz CT molecular complexity index is 3220. The van der Waals surface area contributed by atoms with E-state index in [4.69, 9.17) is 47.0 Å². The molecule has 0 bridgehead atoms. The van der Waals surface area contributed by atoms with Crippen molar-refractivity contribution in [2.24, 2.45) is 17.8 Å². The Hall–Kier alpha value is -7.97. The van der Waals surface area contributed by atoms with Crippen LogP contribution in [0.25, 0.3) is 44.3 Å². The predicted molar refractivity (Wildman–Crippen MR) is 293 cm³/mol. The molecule has 79 heavy (non-hydrogen) atoms. The molecular formula is C58H74N4O17. The highest BCUT2D eigenvalue weighted by atomic mass is 16.6. The Morgan fingerprint density at radius 2 is 0.962 bits per heavy atom. The van der Waals surface area contributed by atoms with Gasteiger partial charge in [0.15, 0.2) is 34.5 Å². The summed E-state index contributed by atoms with van der Waals surface area (Å²) in [5.74, 6) is -3.37. The van der Waals surface area contributed by atoms with Gasteiger partial charge in [-0.15, -0.1) is 0 Å². The molecule has 5 aromatic rings. The summed E-state index contributed by atoms with van der Waals surface area (Å²) in [4.78, 5) is 94.7. The molecule has 3 atom stereocenters. The van der Waals surface area contributed by atoms with E-state index >= 15 is 0 Å². The highest BCUT2D eigenvalue weighted by molar-refractivity contribution is 6.17. The van der Waals surface area contributed by atoms with Gasteiger partial charge in [-0.3, -0.25) is 0 Å². The maximum atomic E-state index is 14.7. The second kappa shape index (κ2) is 23.6. The zero-order valence-corrected chi connectivity index (χ0v) is 48.3. The maximum Gasteiger partial charge on any atom is 0.408 e. The van der Waals surface area contributed by atoms with E-state index in [1.54, 1.807) is 134 Å². The lowest BCUT2D eigenvalue weighted by Gasteiger charge is -2.26. The Balaban J connectivity index is 1.55. The Morgan fingerprint density at radius 3 is 1.39 bits per heavy atom. The van der Waals surface area contributed by atoms with Crippen molar-refractivity contribution < 1.29 is 75.8 Å². The number of hydrogen-bond donors (Lipinski definition) is 3. The predicted octanol–water partition coefficient (Wildman–Crippen LogP) is 10.0. The van der Waals surface area contributed by atoms with Crippen molar-refractivity contribution >= 4 is 58.1 Å². The minimum Gasteiger partial charge on any atom is -0.493 e. The van der Waals surface area contributed by atoms with Crippen molar-refractivity contribution in [1.29, 1.82) is 0 Å². The van der Waals surface area contributed by atoms with Crippen LogP contribution >= 0.6 is 0 Å². The third-order valence-electron chi connectivity index (χ3n) is 12.3. The van der Waals surface area contributed by atoms with Crippen LogP contribution in [-0.2, 0) is 41.6 Å². The number of aryl methyl sites for hydroxylation is 2. The number of aromatic nitrogens is 1. The van der Waals surface area contributed by atoms with Crippen LogP contribution in [0.1, 0.15) is 109 Å². The number of nitrogens with zero attached hydrogens (tertiary/aromatic N) is 1. The normalized spacial score (nSPS) is 13.6. The van der Waals surface area contributed by atoms with Crippen molar-refractivity contribution in [2.45, 2.75) is 152 Å². The van der Waals surface area contributed by atoms with Gasteiger partial charge >= 0.3 is 41.8 Å². The molecule has 0 aliphatic carbocycles. The lowest BCUT2D eigenvalue weighted by atomic mass is 9.91. The number of carbonyl (C=O) groups excluding carboxylic acids is 6. The first-order chi connectivity index (χ1) is 36.7.